The lowest BCUT2D eigenvalue weighted by Gasteiger charge is -2.43. The van der Waals surface area contributed by atoms with Crippen LogP contribution in [0.5, 0.6) is 0 Å². The molecule has 0 amide bonds. The van der Waals surface area contributed by atoms with Crippen LogP contribution < -0.4 is 0 Å². The molecule has 2 aliphatic carbocycles. The lowest BCUT2D eigenvalue weighted by Crippen LogP contribution is -2.38. The third-order valence-corrected chi connectivity index (χ3v) is 5.85. The largest absolute Gasteiger partial charge is 0.229 e. The van der Waals surface area contributed by atoms with Crippen molar-refractivity contribution in [2.75, 3.05) is 0 Å². The predicted molar refractivity (Wildman–Crippen MR) is 85.7 cm³/mol. The van der Waals surface area contributed by atoms with Crippen LogP contribution in [0.25, 0.3) is 0 Å². The summed E-state index contributed by atoms with van der Waals surface area (Å²) < 4.78 is 0. The highest BCUT2D eigenvalue weighted by atomic mass is 32.1. The topological polar surface area (TPSA) is 12.4 Å². The molecule has 0 aliphatic heterocycles. The first kappa shape index (κ1) is 15.2. The average molecular weight is 279 g/mol. The molecule has 0 bridgehead atoms. The number of hydrogen-bond donors (Lipinski definition) is 0. The predicted octanol–water partition coefficient (Wildman–Crippen LogP) is 5.50. The van der Waals surface area contributed by atoms with Gasteiger partial charge >= 0.3 is 0 Å². The van der Waals surface area contributed by atoms with E-state index in [1.807, 2.05) is 0 Å². The van der Waals surface area contributed by atoms with Crippen molar-refractivity contribution in [3.8, 4) is 0 Å². The highest BCUT2D eigenvalue weighted by molar-refractivity contribution is 7.78. The van der Waals surface area contributed by atoms with Gasteiger partial charge in [0.15, 0.2) is 0 Å². The van der Waals surface area contributed by atoms with Crippen molar-refractivity contribution < 1.29 is 0 Å². The molecule has 0 spiro atoms. The van der Waals surface area contributed by atoms with Gasteiger partial charge in [0.2, 0.25) is 0 Å². The molecule has 0 aromatic heterocycles. The molecule has 0 aromatic carbocycles. The lowest BCUT2D eigenvalue weighted by molar-refractivity contribution is 0.0965. The van der Waals surface area contributed by atoms with Gasteiger partial charge in [0, 0.05) is 0 Å². The summed E-state index contributed by atoms with van der Waals surface area (Å²) >= 11 is 4.87. The van der Waals surface area contributed by atoms with E-state index in [2.05, 4.69) is 24.0 Å². The maximum atomic E-state index is 4.87. The zero-order chi connectivity index (χ0) is 13.7. The van der Waals surface area contributed by atoms with Gasteiger partial charge in [-0.25, -0.2) is 4.99 Å². The van der Waals surface area contributed by atoms with Crippen LogP contribution >= 0.6 is 12.2 Å². The van der Waals surface area contributed by atoms with Gasteiger partial charge in [-0.15, -0.1) is 0 Å². The quantitative estimate of drug-likeness (QED) is 0.489. The van der Waals surface area contributed by atoms with Crippen molar-refractivity contribution in [2.45, 2.75) is 77.7 Å². The molecule has 2 saturated carbocycles. The summed E-state index contributed by atoms with van der Waals surface area (Å²) in [5, 5.41) is 2.67. The van der Waals surface area contributed by atoms with Crippen LogP contribution in [0.15, 0.2) is 4.99 Å². The van der Waals surface area contributed by atoms with Crippen LogP contribution in [-0.2, 0) is 0 Å². The lowest BCUT2D eigenvalue weighted by atomic mass is 9.64. The minimum atomic E-state index is 0.465. The minimum Gasteiger partial charge on any atom is -0.229 e. The molecule has 0 N–H and O–H groups in total. The van der Waals surface area contributed by atoms with E-state index in [0.717, 1.165) is 23.7 Å². The third-order valence-electron chi connectivity index (χ3n) is 5.74. The fraction of sp³-hybridized carbons (Fsp3) is 0.941. The van der Waals surface area contributed by atoms with Crippen LogP contribution in [-0.4, -0.2) is 11.2 Å². The number of rotatable bonds is 4. The van der Waals surface area contributed by atoms with Gasteiger partial charge in [0.05, 0.1) is 11.2 Å². The Kier molecular flexibility index (Phi) is 6.04. The molecule has 2 rings (SSSR count). The molecule has 2 unspecified atom stereocenters. The Hall–Kier alpha value is -0.200. The molecule has 0 heterocycles. The molecular formula is C17H29NS. The molecule has 0 saturated heterocycles. The van der Waals surface area contributed by atoms with Gasteiger partial charge in [-0.1, -0.05) is 58.8 Å². The number of thiocarbonyl (C=S) groups is 1. The molecule has 108 valence electrons. The fourth-order valence-corrected chi connectivity index (χ4v) is 4.74. The molecule has 19 heavy (non-hydrogen) atoms. The molecule has 2 fully saturated rings. The van der Waals surface area contributed by atoms with Crippen molar-refractivity contribution in [1.29, 1.82) is 0 Å². The van der Waals surface area contributed by atoms with E-state index in [0.29, 0.717) is 6.04 Å². The van der Waals surface area contributed by atoms with E-state index < -0.39 is 0 Å². The van der Waals surface area contributed by atoms with Crippen molar-refractivity contribution >= 4 is 17.4 Å². The Morgan fingerprint density at radius 3 is 2.00 bits per heavy atom. The Bertz CT molecular complexity index is 301. The SMILES string of the molecule is CCC1CC(C2CCCCC2)CC(CC)C1N=C=S. The van der Waals surface area contributed by atoms with Crippen LogP contribution in [0.2, 0.25) is 0 Å². The Morgan fingerprint density at radius 2 is 1.53 bits per heavy atom. The zero-order valence-electron chi connectivity index (χ0n) is 12.6. The van der Waals surface area contributed by atoms with E-state index in [-0.39, 0.29) is 0 Å². The number of hydrogen-bond acceptors (Lipinski definition) is 2. The zero-order valence-corrected chi connectivity index (χ0v) is 13.4. The van der Waals surface area contributed by atoms with Crippen LogP contribution in [0, 0.1) is 23.7 Å². The Balaban J connectivity index is 2.06. The summed E-state index contributed by atoms with van der Waals surface area (Å²) in [6.07, 6.45) is 12.7. The van der Waals surface area contributed by atoms with Gasteiger partial charge in [0.25, 0.3) is 0 Å². The first-order valence-electron chi connectivity index (χ1n) is 8.37. The van der Waals surface area contributed by atoms with E-state index in [4.69, 9.17) is 12.2 Å². The van der Waals surface area contributed by atoms with E-state index >= 15 is 0 Å². The molecule has 0 radical (unpaired) electrons. The second-order valence-corrected chi connectivity index (χ2v) is 6.86. The van der Waals surface area contributed by atoms with Crippen LogP contribution in [0.4, 0.5) is 0 Å². The fourth-order valence-electron chi connectivity index (χ4n) is 4.62. The second kappa shape index (κ2) is 7.55. The maximum Gasteiger partial charge on any atom is 0.0659 e. The normalized spacial score (nSPS) is 36.7. The van der Waals surface area contributed by atoms with E-state index in [9.17, 15) is 0 Å². The van der Waals surface area contributed by atoms with Gasteiger partial charge < -0.3 is 0 Å². The van der Waals surface area contributed by atoms with Gasteiger partial charge in [0.1, 0.15) is 0 Å². The summed E-state index contributed by atoms with van der Waals surface area (Å²) in [6.45, 7) is 4.65. The van der Waals surface area contributed by atoms with Crippen molar-refractivity contribution in [3.05, 3.63) is 0 Å². The number of isothiocyanates is 1. The maximum absolute atomic E-state index is 4.87. The van der Waals surface area contributed by atoms with E-state index in [1.54, 1.807) is 0 Å². The smallest absolute Gasteiger partial charge is 0.0659 e. The van der Waals surface area contributed by atoms with Crippen LogP contribution in [0.1, 0.15) is 71.6 Å². The molecule has 1 nitrogen and oxygen atoms in total. The Labute approximate surface area is 124 Å². The summed E-state index contributed by atoms with van der Waals surface area (Å²) in [4.78, 5) is 4.53. The Morgan fingerprint density at radius 1 is 0.947 bits per heavy atom. The highest BCUT2D eigenvalue weighted by Gasteiger charge is 2.38. The first-order chi connectivity index (χ1) is 9.30. The van der Waals surface area contributed by atoms with Crippen LogP contribution in [0.3, 0.4) is 0 Å². The van der Waals surface area contributed by atoms with Crippen molar-refractivity contribution in [3.63, 3.8) is 0 Å². The molecule has 2 aliphatic rings. The van der Waals surface area contributed by atoms with Gasteiger partial charge in [-0.3, -0.25) is 0 Å². The summed E-state index contributed by atoms with van der Waals surface area (Å²) in [5.74, 6) is 3.48. The van der Waals surface area contributed by atoms with E-state index in [1.165, 1.54) is 57.8 Å². The third kappa shape index (κ3) is 3.67. The highest BCUT2D eigenvalue weighted by Crippen LogP contribution is 2.45. The average Bonchev–Trinajstić information content (AvgIpc) is 2.48. The van der Waals surface area contributed by atoms with Crippen molar-refractivity contribution in [1.82, 2.24) is 0 Å². The molecular weight excluding hydrogens is 250 g/mol. The molecule has 2 atom stereocenters. The second-order valence-electron chi connectivity index (χ2n) is 6.68. The minimum absolute atomic E-state index is 0.465. The van der Waals surface area contributed by atoms with Crippen molar-refractivity contribution in [2.24, 2.45) is 28.7 Å². The standard InChI is InChI=1S/C17H29NS/c1-3-13-10-16(15-8-6-5-7-9-15)11-14(4-2)17(13)18-12-19/h13-17H,3-11H2,1-2H3. The monoisotopic (exact) mass is 279 g/mol. The molecule has 2 heteroatoms. The van der Waals surface area contributed by atoms with Gasteiger partial charge in [-0.05, 0) is 48.7 Å². The number of nitrogens with zero attached hydrogens (tertiary/aromatic N) is 1. The number of aliphatic imine (C=N–C) groups is 1. The summed E-state index contributed by atoms with van der Waals surface area (Å²) in [6, 6.07) is 0.465. The summed E-state index contributed by atoms with van der Waals surface area (Å²) in [5.41, 5.74) is 0. The van der Waals surface area contributed by atoms with Gasteiger partial charge in [-0.2, -0.15) is 0 Å². The molecule has 0 aromatic rings. The first-order valence-corrected chi connectivity index (χ1v) is 8.77. The summed E-state index contributed by atoms with van der Waals surface area (Å²) in [7, 11) is 0.